The minimum Gasteiger partial charge on any atom is -0.338 e. The molecule has 1 aromatic carbocycles. The van der Waals surface area contributed by atoms with Crippen molar-refractivity contribution in [3.8, 4) is 0 Å². The maximum absolute atomic E-state index is 12.6. The molecule has 1 heterocycles. The van der Waals surface area contributed by atoms with E-state index in [4.69, 9.17) is 11.6 Å². The average Bonchev–Trinajstić information content (AvgIpc) is 2.47. The van der Waals surface area contributed by atoms with Crippen molar-refractivity contribution in [3.05, 3.63) is 32.4 Å². The Morgan fingerprint density at radius 1 is 1.52 bits per heavy atom. The lowest BCUT2D eigenvalue weighted by atomic mass is 9.97. The first-order chi connectivity index (χ1) is 9.97. The number of likely N-dealkylation sites (tertiary alicyclic amines) is 1. The molecule has 0 spiro atoms. The van der Waals surface area contributed by atoms with E-state index in [0.29, 0.717) is 22.5 Å². The van der Waals surface area contributed by atoms with Crippen molar-refractivity contribution in [3.63, 3.8) is 0 Å². The molecule has 1 fully saturated rings. The zero-order chi connectivity index (χ0) is 15.4. The number of piperidine rings is 1. The molecule has 1 aromatic rings. The van der Waals surface area contributed by atoms with Crippen LogP contribution in [0.1, 0.15) is 37.0 Å². The van der Waals surface area contributed by atoms with Crippen LogP contribution in [0.2, 0.25) is 5.02 Å². The summed E-state index contributed by atoms with van der Waals surface area (Å²) in [6, 6.07) is 6.04. The lowest BCUT2D eigenvalue weighted by Gasteiger charge is -2.33. The quantitative estimate of drug-likeness (QED) is 0.752. The monoisotopic (exact) mass is 420 g/mol. The lowest BCUT2D eigenvalue weighted by Crippen LogP contribution is -2.43. The van der Waals surface area contributed by atoms with Gasteiger partial charge in [-0.15, -0.1) is 0 Å². The van der Waals surface area contributed by atoms with E-state index < -0.39 is 0 Å². The van der Waals surface area contributed by atoms with E-state index in [2.05, 4.69) is 41.8 Å². The highest BCUT2D eigenvalue weighted by atomic mass is 127. The molecule has 21 heavy (non-hydrogen) atoms. The molecule has 116 valence electrons. The largest absolute Gasteiger partial charge is 0.338 e. The molecule has 0 bridgehead atoms. The topological polar surface area (TPSA) is 32.3 Å². The van der Waals surface area contributed by atoms with E-state index in [1.165, 1.54) is 6.42 Å². The second kappa shape index (κ2) is 7.79. The summed E-state index contributed by atoms with van der Waals surface area (Å²) >= 11 is 8.30. The van der Waals surface area contributed by atoms with Crippen molar-refractivity contribution < 1.29 is 4.79 Å². The predicted molar refractivity (Wildman–Crippen MR) is 95.9 cm³/mol. The van der Waals surface area contributed by atoms with E-state index in [1.54, 1.807) is 6.07 Å². The number of nitrogens with one attached hydrogen (secondary N) is 1. The molecule has 0 saturated carbocycles. The molecular weight excluding hydrogens is 399 g/mol. The van der Waals surface area contributed by atoms with Crippen molar-refractivity contribution in [2.45, 2.75) is 32.7 Å². The van der Waals surface area contributed by atoms with E-state index in [1.807, 2.05) is 17.0 Å². The van der Waals surface area contributed by atoms with E-state index in [-0.39, 0.29) is 5.91 Å². The molecular formula is C16H22ClIN2O. The Morgan fingerprint density at radius 2 is 2.29 bits per heavy atom. The first-order valence-electron chi connectivity index (χ1n) is 7.45. The van der Waals surface area contributed by atoms with Gasteiger partial charge in [0.25, 0.3) is 5.91 Å². The second-order valence-corrected chi connectivity index (χ2v) is 7.52. The molecule has 1 aliphatic rings. The Labute approximate surface area is 145 Å². The number of benzene rings is 1. The van der Waals surface area contributed by atoms with Gasteiger partial charge in [-0.3, -0.25) is 4.79 Å². The van der Waals surface area contributed by atoms with Crippen molar-refractivity contribution in [1.82, 2.24) is 10.2 Å². The van der Waals surface area contributed by atoms with Crippen LogP contribution >= 0.6 is 34.2 Å². The number of halogens is 2. The molecule has 3 nitrogen and oxygen atoms in total. The molecule has 1 saturated heterocycles. The van der Waals surface area contributed by atoms with Gasteiger partial charge in [-0.1, -0.05) is 25.4 Å². The molecule has 1 amide bonds. The summed E-state index contributed by atoms with van der Waals surface area (Å²) in [4.78, 5) is 14.6. The van der Waals surface area contributed by atoms with Gasteiger partial charge < -0.3 is 10.2 Å². The zero-order valence-corrected chi connectivity index (χ0v) is 15.4. The molecule has 2 rings (SSSR count). The first-order valence-corrected chi connectivity index (χ1v) is 8.90. The summed E-state index contributed by atoms with van der Waals surface area (Å²) in [5, 5.41) is 4.12. The van der Waals surface area contributed by atoms with Gasteiger partial charge in [0.05, 0.1) is 5.02 Å². The van der Waals surface area contributed by atoms with Crippen LogP contribution in [0, 0.1) is 9.49 Å². The van der Waals surface area contributed by atoms with E-state index in [0.717, 1.165) is 29.6 Å². The summed E-state index contributed by atoms with van der Waals surface area (Å²) in [5.74, 6) is 0.645. The van der Waals surface area contributed by atoms with Crippen molar-refractivity contribution in [2.75, 3.05) is 19.6 Å². The Balaban J connectivity index is 1.99. The van der Waals surface area contributed by atoms with E-state index >= 15 is 0 Å². The van der Waals surface area contributed by atoms with Crippen LogP contribution in [0.25, 0.3) is 0 Å². The molecule has 0 radical (unpaired) electrons. The smallest absolute Gasteiger partial charge is 0.253 e. The lowest BCUT2D eigenvalue weighted by molar-refractivity contribution is 0.0672. The van der Waals surface area contributed by atoms with E-state index in [9.17, 15) is 4.79 Å². The summed E-state index contributed by atoms with van der Waals surface area (Å²) in [7, 11) is 0. The number of carbonyl (C=O) groups excluding carboxylic acids is 1. The minimum absolute atomic E-state index is 0.0996. The molecule has 1 unspecified atom stereocenters. The normalized spacial score (nSPS) is 19.1. The van der Waals surface area contributed by atoms with Crippen LogP contribution in [0.5, 0.6) is 0 Å². The second-order valence-electron chi connectivity index (χ2n) is 5.95. The number of amides is 1. The van der Waals surface area contributed by atoms with Crippen molar-refractivity contribution in [1.29, 1.82) is 0 Å². The Kier molecular flexibility index (Phi) is 6.32. The number of nitrogens with zero attached hydrogens (tertiary/aromatic N) is 1. The third-order valence-corrected chi connectivity index (χ3v) is 5.36. The molecule has 5 heteroatoms. The van der Waals surface area contributed by atoms with Crippen LogP contribution < -0.4 is 5.32 Å². The summed E-state index contributed by atoms with van der Waals surface area (Å²) in [6.07, 6.45) is 2.27. The number of rotatable bonds is 4. The molecule has 1 aliphatic heterocycles. The third kappa shape index (κ3) is 4.83. The average molecular weight is 421 g/mol. The molecule has 0 aliphatic carbocycles. The maximum Gasteiger partial charge on any atom is 0.253 e. The van der Waals surface area contributed by atoms with Gasteiger partial charge in [0.15, 0.2) is 0 Å². The molecule has 0 aromatic heterocycles. The van der Waals surface area contributed by atoms with Gasteiger partial charge in [-0.05, 0) is 66.1 Å². The number of hydrogen-bond donors (Lipinski definition) is 1. The highest BCUT2D eigenvalue weighted by molar-refractivity contribution is 14.1. The highest BCUT2D eigenvalue weighted by Crippen LogP contribution is 2.23. The highest BCUT2D eigenvalue weighted by Gasteiger charge is 2.24. The Bertz CT molecular complexity index is 507. The van der Waals surface area contributed by atoms with Gasteiger partial charge >= 0.3 is 0 Å². The summed E-state index contributed by atoms with van der Waals surface area (Å²) in [6.45, 7) is 6.97. The number of carbonyl (C=O) groups is 1. The Morgan fingerprint density at radius 3 is 2.95 bits per heavy atom. The maximum atomic E-state index is 12.6. The van der Waals surface area contributed by atoms with Crippen molar-refractivity contribution in [2.24, 2.45) is 5.92 Å². The molecule has 1 N–H and O–H groups in total. The van der Waals surface area contributed by atoms with Crippen LogP contribution in [0.4, 0.5) is 0 Å². The van der Waals surface area contributed by atoms with Crippen molar-refractivity contribution >= 4 is 40.1 Å². The zero-order valence-electron chi connectivity index (χ0n) is 12.5. The SMILES string of the molecule is CC(C)NCC1CCCN(C(=O)c2ccc(I)c(Cl)c2)C1. The summed E-state index contributed by atoms with van der Waals surface area (Å²) < 4.78 is 0.975. The van der Waals surface area contributed by atoms with Crippen LogP contribution in [0.3, 0.4) is 0 Å². The third-order valence-electron chi connectivity index (χ3n) is 3.79. The van der Waals surface area contributed by atoms with Gasteiger partial charge in [0.1, 0.15) is 0 Å². The Hall–Kier alpha value is -0.330. The molecule has 1 atom stereocenters. The van der Waals surface area contributed by atoms with Gasteiger partial charge in [-0.2, -0.15) is 0 Å². The van der Waals surface area contributed by atoms with Crippen LogP contribution in [-0.4, -0.2) is 36.5 Å². The standard InChI is InChI=1S/C16H22ClIN2O/c1-11(2)19-9-12-4-3-7-20(10-12)16(21)13-5-6-15(18)14(17)8-13/h5-6,8,11-12,19H,3-4,7,9-10H2,1-2H3. The van der Waals surface area contributed by atoms with Crippen LogP contribution in [-0.2, 0) is 0 Å². The van der Waals surface area contributed by atoms with Gasteiger partial charge in [-0.25, -0.2) is 0 Å². The summed E-state index contributed by atoms with van der Waals surface area (Å²) in [5.41, 5.74) is 0.692. The van der Waals surface area contributed by atoms with Gasteiger partial charge in [0, 0.05) is 28.3 Å². The fourth-order valence-electron chi connectivity index (χ4n) is 2.63. The fourth-order valence-corrected chi connectivity index (χ4v) is 3.15. The first kappa shape index (κ1) is 17.0. The predicted octanol–water partition coefficient (Wildman–Crippen LogP) is 3.79. The van der Waals surface area contributed by atoms with Crippen LogP contribution in [0.15, 0.2) is 18.2 Å². The number of hydrogen-bond acceptors (Lipinski definition) is 2. The minimum atomic E-state index is 0.0996. The van der Waals surface area contributed by atoms with Gasteiger partial charge in [0.2, 0.25) is 0 Å². The fraction of sp³-hybridized carbons (Fsp3) is 0.562.